The van der Waals surface area contributed by atoms with Gasteiger partial charge in [-0.15, -0.1) is 0 Å². The molecule has 0 aromatic heterocycles. The van der Waals surface area contributed by atoms with Crippen LogP contribution in [0.2, 0.25) is 0 Å². The number of unbranched alkanes of at least 4 members (excludes halogenated alkanes) is 2. The Labute approximate surface area is 74.4 Å². The van der Waals surface area contributed by atoms with Gasteiger partial charge in [-0.3, -0.25) is 0 Å². The molecule has 0 aliphatic heterocycles. The molecule has 12 heavy (non-hydrogen) atoms. The van der Waals surface area contributed by atoms with E-state index in [0.717, 1.165) is 25.2 Å². The van der Waals surface area contributed by atoms with Crippen LogP contribution in [-0.4, -0.2) is 6.61 Å². The van der Waals surface area contributed by atoms with Gasteiger partial charge in [0.05, 0.1) is 6.61 Å². The van der Waals surface area contributed by atoms with Gasteiger partial charge >= 0.3 is 0 Å². The summed E-state index contributed by atoms with van der Waals surface area (Å²) in [6.45, 7) is 2.89. The van der Waals surface area contributed by atoms with Crippen LogP contribution in [0.15, 0.2) is 30.3 Å². The van der Waals surface area contributed by atoms with Gasteiger partial charge < -0.3 is 4.74 Å². The Morgan fingerprint density at radius 2 is 2.00 bits per heavy atom. The highest BCUT2D eigenvalue weighted by Crippen LogP contribution is 2.08. The molecule has 0 heterocycles. The zero-order valence-corrected chi connectivity index (χ0v) is 7.49. The Balaban J connectivity index is 2.16. The van der Waals surface area contributed by atoms with Crippen molar-refractivity contribution in [2.24, 2.45) is 0 Å². The van der Waals surface area contributed by atoms with Crippen LogP contribution in [0.1, 0.15) is 19.8 Å². The molecule has 0 bridgehead atoms. The lowest BCUT2D eigenvalue weighted by atomic mass is 10.3. The summed E-state index contributed by atoms with van der Waals surface area (Å²) in [5.74, 6) is 0.966. The highest BCUT2D eigenvalue weighted by molar-refractivity contribution is 5.20. The molecule has 1 heteroatoms. The van der Waals surface area contributed by atoms with E-state index in [9.17, 15) is 0 Å². The van der Waals surface area contributed by atoms with E-state index in [0.29, 0.717) is 0 Å². The Bertz CT molecular complexity index is 193. The number of benzene rings is 1. The molecule has 0 N–H and O–H groups in total. The maximum absolute atomic E-state index is 5.49. The average Bonchev–Trinajstić information content (AvgIpc) is 2.14. The number of ether oxygens (including phenoxy) is 1. The van der Waals surface area contributed by atoms with Crippen molar-refractivity contribution in [3.05, 3.63) is 36.8 Å². The highest BCUT2D eigenvalue weighted by atomic mass is 16.5. The maximum atomic E-state index is 5.49. The summed E-state index contributed by atoms with van der Waals surface area (Å²) < 4.78 is 5.49. The summed E-state index contributed by atoms with van der Waals surface area (Å²) >= 11 is 0. The van der Waals surface area contributed by atoms with Gasteiger partial charge in [0.1, 0.15) is 5.75 Å². The lowest BCUT2D eigenvalue weighted by Crippen LogP contribution is -1.96. The summed E-state index contributed by atoms with van der Waals surface area (Å²) in [6, 6.07) is 9.93. The van der Waals surface area contributed by atoms with Crippen molar-refractivity contribution in [1.82, 2.24) is 0 Å². The van der Waals surface area contributed by atoms with Crippen molar-refractivity contribution >= 4 is 0 Å². The lowest BCUT2D eigenvalue weighted by Gasteiger charge is -2.03. The number of hydrogen-bond donors (Lipinski definition) is 0. The first-order valence-electron chi connectivity index (χ1n) is 4.39. The van der Waals surface area contributed by atoms with Gasteiger partial charge in [0.25, 0.3) is 0 Å². The normalized spacial score (nSPS) is 9.75. The summed E-state index contributed by atoms with van der Waals surface area (Å²) in [5, 5.41) is 0. The van der Waals surface area contributed by atoms with Crippen molar-refractivity contribution in [2.75, 3.05) is 6.61 Å². The Kier molecular flexibility index (Phi) is 4.28. The summed E-state index contributed by atoms with van der Waals surface area (Å²) in [5.41, 5.74) is 0. The second-order valence-corrected chi connectivity index (χ2v) is 2.71. The molecule has 0 spiro atoms. The quantitative estimate of drug-likeness (QED) is 0.606. The van der Waals surface area contributed by atoms with E-state index in [1.54, 1.807) is 0 Å². The fourth-order valence-corrected chi connectivity index (χ4v) is 0.994. The molecular weight excluding hydrogens is 148 g/mol. The van der Waals surface area contributed by atoms with Crippen LogP contribution in [0, 0.1) is 6.42 Å². The number of hydrogen-bond acceptors (Lipinski definition) is 1. The second-order valence-electron chi connectivity index (χ2n) is 2.71. The van der Waals surface area contributed by atoms with Gasteiger partial charge in [0.15, 0.2) is 0 Å². The molecule has 0 atom stereocenters. The molecule has 1 aromatic carbocycles. The molecule has 1 radical (unpaired) electrons. The third-order valence-electron chi connectivity index (χ3n) is 1.65. The van der Waals surface area contributed by atoms with Crippen LogP contribution in [0.5, 0.6) is 5.75 Å². The minimum atomic E-state index is 0.814. The first kappa shape index (κ1) is 9.11. The monoisotopic (exact) mass is 163 g/mol. The summed E-state index contributed by atoms with van der Waals surface area (Å²) in [6.07, 6.45) is 4.40. The molecule has 1 aromatic rings. The zero-order chi connectivity index (χ0) is 8.65. The van der Waals surface area contributed by atoms with E-state index in [2.05, 4.69) is 13.3 Å². The molecule has 0 saturated carbocycles. The Hall–Kier alpha value is -0.980. The smallest absolute Gasteiger partial charge is 0.119 e. The molecule has 1 nitrogen and oxygen atoms in total. The van der Waals surface area contributed by atoms with Crippen LogP contribution in [0.25, 0.3) is 0 Å². The van der Waals surface area contributed by atoms with Crippen LogP contribution >= 0.6 is 0 Å². The van der Waals surface area contributed by atoms with E-state index in [4.69, 9.17) is 4.74 Å². The van der Waals surface area contributed by atoms with Crippen molar-refractivity contribution in [2.45, 2.75) is 19.8 Å². The van der Waals surface area contributed by atoms with Crippen LogP contribution in [0.4, 0.5) is 0 Å². The van der Waals surface area contributed by atoms with Crippen molar-refractivity contribution in [3.8, 4) is 5.75 Å². The molecule has 0 fully saturated rings. The second kappa shape index (κ2) is 5.64. The van der Waals surface area contributed by atoms with Gasteiger partial charge in [-0.25, -0.2) is 0 Å². The van der Waals surface area contributed by atoms with Crippen molar-refractivity contribution < 1.29 is 4.74 Å². The minimum Gasteiger partial charge on any atom is -0.494 e. The number of para-hydroxylation sites is 1. The Morgan fingerprint density at radius 3 is 2.67 bits per heavy atom. The van der Waals surface area contributed by atoms with Crippen LogP contribution in [-0.2, 0) is 0 Å². The molecule has 65 valence electrons. The third kappa shape index (κ3) is 3.42. The van der Waals surface area contributed by atoms with Gasteiger partial charge in [0.2, 0.25) is 0 Å². The molecule has 0 saturated heterocycles. The number of rotatable bonds is 5. The van der Waals surface area contributed by atoms with E-state index in [-0.39, 0.29) is 0 Å². The summed E-state index contributed by atoms with van der Waals surface area (Å²) in [7, 11) is 0. The predicted molar refractivity (Wildman–Crippen MR) is 51.1 cm³/mol. The topological polar surface area (TPSA) is 9.23 Å². The standard InChI is InChI=1S/C11H15O/c1-2-3-7-10-12-11-8-5-4-6-9-11/h2,4-6,8-9H,3,7,10H2,1H3. The van der Waals surface area contributed by atoms with E-state index >= 15 is 0 Å². The predicted octanol–water partition coefficient (Wildman–Crippen LogP) is 3.07. The molecule has 0 amide bonds. The van der Waals surface area contributed by atoms with E-state index in [1.807, 2.05) is 30.3 Å². The van der Waals surface area contributed by atoms with Gasteiger partial charge in [-0.2, -0.15) is 0 Å². The first-order chi connectivity index (χ1) is 5.93. The van der Waals surface area contributed by atoms with Crippen molar-refractivity contribution in [1.29, 1.82) is 0 Å². The fourth-order valence-electron chi connectivity index (χ4n) is 0.994. The third-order valence-corrected chi connectivity index (χ3v) is 1.65. The lowest BCUT2D eigenvalue weighted by molar-refractivity contribution is 0.310. The molecular formula is C11H15O. The molecule has 0 aliphatic rings. The average molecular weight is 163 g/mol. The van der Waals surface area contributed by atoms with Gasteiger partial charge in [-0.1, -0.05) is 25.1 Å². The first-order valence-corrected chi connectivity index (χ1v) is 4.39. The Morgan fingerprint density at radius 1 is 1.25 bits per heavy atom. The zero-order valence-electron chi connectivity index (χ0n) is 7.49. The van der Waals surface area contributed by atoms with Gasteiger partial charge in [-0.05, 0) is 31.4 Å². The minimum absolute atomic E-state index is 0.814. The van der Waals surface area contributed by atoms with Crippen LogP contribution in [0.3, 0.4) is 0 Å². The van der Waals surface area contributed by atoms with Crippen molar-refractivity contribution in [3.63, 3.8) is 0 Å². The molecule has 0 aliphatic carbocycles. The van der Waals surface area contributed by atoms with Gasteiger partial charge in [0, 0.05) is 0 Å². The van der Waals surface area contributed by atoms with Crippen LogP contribution < -0.4 is 4.74 Å². The summed E-state index contributed by atoms with van der Waals surface area (Å²) in [4.78, 5) is 0. The maximum Gasteiger partial charge on any atom is 0.119 e. The molecule has 0 unspecified atom stereocenters. The molecule has 1 rings (SSSR count). The van der Waals surface area contributed by atoms with E-state index in [1.165, 1.54) is 0 Å². The fraction of sp³-hybridized carbons (Fsp3) is 0.364. The SMILES string of the molecule is C[CH]CCCOc1ccccc1. The highest BCUT2D eigenvalue weighted by Gasteiger charge is 1.89. The van der Waals surface area contributed by atoms with E-state index < -0.39 is 0 Å². The largest absolute Gasteiger partial charge is 0.494 e.